The highest BCUT2D eigenvalue weighted by Gasteiger charge is 2.08. The van der Waals surface area contributed by atoms with E-state index < -0.39 is 0 Å². The van der Waals surface area contributed by atoms with Crippen molar-refractivity contribution in [2.45, 2.75) is 20.8 Å². The molecule has 0 aliphatic heterocycles. The van der Waals surface area contributed by atoms with Gasteiger partial charge >= 0.3 is 0 Å². The van der Waals surface area contributed by atoms with Crippen molar-refractivity contribution in [2.24, 2.45) is 0 Å². The summed E-state index contributed by atoms with van der Waals surface area (Å²) < 4.78 is 0. The van der Waals surface area contributed by atoms with Gasteiger partial charge in [0.25, 0.3) is 0 Å². The third-order valence-electron chi connectivity index (χ3n) is 3.42. The number of hydrogen-bond donors (Lipinski definition) is 2. The van der Waals surface area contributed by atoms with Gasteiger partial charge in [-0.2, -0.15) is 5.26 Å². The second-order valence-electron chi connectivity index (χ2n) is 5.33. The average Bonchev–Trinajstić information content (AvgIpc) is 2.46. The van der Waals surface area contributed by atoms with Crippen molar-refractivity contribution in [1.82, 2.24) is 0 Å². The molecule has 22 heavy (non-hydrogen) atoms. The highest BCUT2D eigenvalue weighted by molar-refractivity contribution is 5.95. The van der Waals surface area contributed by atoms with Crippen LogP contribution in [0, 0.1) is 32.1 Å². The van der Waals surface area contributed by atoms with E-state index in [-0.39, 0.29) is 12.5 Å². The third kappa shape index (κ3) is 3.64. The Labute approximate surface area is 130 Å². The van der Waals surface area contributed by atoms with Gasteiger partial charge in [0.2, 0.25) is 5.91 Å². The Morgan fingerprint density at radius 3 is 2.41 bits per heavy atom. The predicted octanol–water partition coefficient (Wildman–Crippen LogP) is 3.53. The van der Waals surface area contributed by atoms with Gasteiger partial charge in [0, 0.05) is 5.69 Å². The van der Waals surface area contributed by atoms with E-state index in [1.807, 2.05) is 13.8 Å². The highest BCUT2D eigenvalue weighted by atomic mass is 16.1. The molecule has 0 aliphatic rings. The maximum absolute atomic E-state index is 12.1. The molecule has 0 saturated carbocycles. The van der Waals surface area contributed by atoms with Crippen LogP contribution in [0.3, 0.4) is 0 Å². The van der Waals surface area contributed by atoms with Gasteiger partial charge in [-0.25, -0.2) is 0 Å². The quantitative estimate of drug-likeness (QED) is 0.906. The van der Waals surface area contributed by atoms with Gasteiger partial charge in [0.1, 0.15) is 6.07 Å². The third-order valence-corrected chi connectivity index (χ3v) is 3.42. The van der Waals surface area contributed by atoms with Crippen LogP contribution in [0.15, 0.2) is 36.4 Å². The van der Waals surface area contributed by atoms with Crippen LogP contribution in [0.25, 0.3) is 0 Å². The molecule has 2 aromatic carbocycles. The molecule has 0 atom stereocenters. The first kappa shape index (κ1) is 15.6. The molecule has 0 fully saturated rings. The standard InChI is InChI=1S/C18H19N3O/c1-12-8-13(2)18(14(3)9-12)20-11-17(22)21-16-7-5-4-6-15(16)10-19/h4-9,20H,11H2,1-3H3,(H,21,22). The lowest BCUT2D eigenvalue weighted by Gasteiger charge is -2.14. The largest absolute Gasteiger partial charge is 0.376 e. The van der Waals surface area contributed by atoms with Crippen molar-refractivity contribution in [3.05, 3.63) is 58.7 Å². The summed E-state index contributed by atoms with van der Waals surface area (Å²) in [6.45, 7) is 6.25. The van der Waals surface area contributed by atoms with Crippen molar-refractivity contribution in [3.63, 3.8) is 0 Å². The number of benzene rings is 2. The number of aryl methyl sites for hydroxylation is 3. The maximum Gasteiger partial charge on any atom is 0.243 e. The minimum absolute atomic E-state index is 0.157. The number of nitriles is 1. The smallest absolute Gasteiger partial charge is 0.243 e. The number of rotatable bonds is 4. The summed E-state index contributed by atoms with van der Waals surface area (Å²) in [6.07, 6.45) is 0. The molecule has 4 heteroatoms. The first-order valence-electron chi connectivity index (χ1n) is 7.12. The van der Waals surface area contributed by atoms with Gasteiger partial charge in [-0.1, -0.05) is 29.8 Å². The molecular formula is C18H19N3O. The molecule has 2 N–H and O–H groups in total. The molecule has 2 rings (SSSR count). The predicted molar refractivity (Wildman–Crippen MR) is 88.9 cm³/mol. The number of anilines is 2. The van der Waals surface area contributed by atoms with E-state index in [0.29, 0.717) is 11.3 Å². The van der Waals surface area contributed by atoms with Gasteiger partial charge in [-0.15, -0.1) is 0 Å². The lowest BCUT2D eigenvalue weighted by atomic mass is 10.1. The van der Waals surface area contributed by atoms with Crippen molar-refractivity contribution < 1.29 is 4.79 Å². The Morgan fingerprint density at radius 2 is 1.77 bits per heavy atom. The summed E-state index contributed by atoms with van der Waals surface area (Å²) in [5.74, 6) is -0.179. The van der Waals surface area contributed by atoms with E-state index in [4.69, 9.17) is 5.26 Å². The Bertz CT molecular complexity index is 721. The number of para-hydroxylation sites is 1. The van der Waals surface area contributed by atoms with E-state index >= 15 is 0 Å². The molecule has 0 bridgehead atoms. The monoisotopic (exact) mass is 293 g/mol. The number of nitrogens with one attached hydrogen (secondary N) is 2. The number of carbonyl (C=O) groups is 1. The van der Waals surface area contributed by atoms with E-state index in [9.17, 15) is 4.79 Å². The van der Waals surface area contributed by atoms with E-state index in [2.05, 4.69) is 35.8 Å². The Hall–Kier alpha value is -2.80. The summed E-state index contributed by atoms with van der Waals surface area (Å²) in [7, 11) is 0. The zero-order valence-electron chi connectivity index (χ0n) is 13.0. The minimum Gasteiger partial charge on any atom is -0.376 e. The van der Waals surface area contributed by atoms with Crippen LogP contribution in [0.5, 0.6) is 0 Å². The molecular weight excluding hydrogens is 274 g/mol. The van der Waals surface area contributed by atoms with Gasteiger partial charge in [-0.05, 0) is 44.0 Å². The van der Waals surface area contributed by atoms with Crippen molar-refractivity contribution in [2.75, 3.05) is 17.2 Å². The molecule has 1 amide bonds. The fourth-order valence-corrected chi connectivity index (χ4v) is 2.51. The summed E-state index contributed by atoms with van der Waals surface area (Å²) in [6, 6.07) is 13.2. The van der Waals surface area contributed by atoms with Crippen LogP contribution in [-0.4, -0.2) is 12.5 Å². The van der Waals surface area contributed by atoms with Crippen molar-refractivity contribution in [1.29, 1.82) is 5.26 Å². The Morgan fingerprint density at radius 1 is 1.14 bits per heavy atom. The average molecular weight is 293 g/mol. The summed E-state index contributed by atoms with van der Waals surface area (Å²) in [5, 5.41) is 15.0. The zero-order valence-corrected chi connectivity index (χ0v) is 13.0. The molecule has 4 nitrogen and oxygen atoms in total. The van der Waals surface area contributed by atoms with Crippen LogP contribution < -0.4 is 10.6 Å². The van der Waals surface area contributed by atoms with E-state index in [0.717, 1.165) is 16.8 Å². The normalized spacial score (nSPS) is 9.91. The molecule has 2 aromatic rings. The molecule has 0 saturated heterocycles. The fourth-order valence-electron chi connectivity index (χ4n) is 2.51. The molecule has 112 valence electrons. The van der Waals surface area contributed by atoms with Crippen LogP contribution in [-0.2, 0) is 4.79 Å². The Balaban J connectivity index is 2.04. The van der Waals surface area contributed by atoms with Gasteiger partial charge in [-0.3, -0.25) is 4.79 Å². The van der Waals surface area contributed by atoms with E-state index in [1.165, 1.54) is 5.56 Å². The Kier molecular flexibility index (Phi) is 4.80. The topological polar surface area (TPSA) is 64.9 Å². The van der Waals surface area contributed by atoms with Crippen LogP contribution >= 0.6 is 0 Å². The second-order valence-corrected chi connectivity index (χ2v) is 5.33. The summed E-state index contributed by atoms with van der Waals surface area (Å²) >= 11 is 0. The molecule has 0 aromatic heterocycles. The number of hydrogen-bond acceptors (Lipinski definition) is 3. The number of nitrogens with zero attached hydrogens (tertiary/aromatic N) is 1. The SMILES string of the molecule is Cc1cc(C)c(NCC(=O)Nc2ccccc2C#N)c(C)c1. The first-order chi connectivity index (χ1) is 10.5. The number of amides is 1. The molecule has 0 spiro atoms. The summed E-state index contributed by atoms with van der Waals surface area (Å²) in [5.41, 5.74) is 5.40. The van der Waals surface area contributed by atoms with Crippen molar-refractivity contribution >= 4 is 17.3 Å². The molecule has 0 heterocycles. The molecule has 0 aliphatic carbocycles. The number of carbonyl (C=O) groups excluding carboxylic acids is 1. The first-order valence-corrected chi connectivity index (χ1v) is 7.12. The van der Waals surface area contributed by atoms with Crippen molar-refractivity contribution in [3.8, 4) is 6.07 Å². The van der Waals surface area contributed by atoms with Gasteiger partial charge in [0.15, 0.2) is 0 Å². The fraction of sp³-hybridized carbons (Fsp3) is 0.222. The van der Waals surface area contributed by atoms with Crippen LogP contribution in [0.1, 0.15) is 22.3 Å². The lowest BCUT2D eigenvalue weighted by molar-refractivity contribution is -0.114. The zero-order chi connectivity index (χ0) is 16.1. The minimum atomic E-state index is -0.179. The highest BCUT2D eigenvalue weighted by Crippen LogP contribution is 2.21. The molecule has 0 radical (unpaired) electrons. The van der Waals surface area contributed by atoms with Gasteiger partial charge < -0.3 is 10.6 Å². The second kappa shape index (κ2) is 6.77. The summed E-state index contributed by atoms with van der Waals surface area (Å²) in [4.78, 5) is 12.1. The lowest BCUT2D eigenvalue weighted by Crippen LogP contribution is -2.22. The van der Waals surface area contributed by atoms with Gasteiger partial charge in [0.05, 0.1) is 17.8 Å². The molecule has 0 unspecified atom stereocenters. The van der Waals surface area contributed by atoms with Crippen LogP contribution in [0.2, 0.25) is 0 Å². The maximum atomic E-state index is 12.1. The van der Waals surface area contributed by atoms with Crippen LogP contribution in [0.4, 0.5) is 11.4 Å². The van der Waals surface area contributed by atoms with E-state index in [1.54, 1.807) is 24.3 Å².